The fourth-order valence-corrected chi connectivity index (χ4v) is 1.74. The predicted octanol–water partition coefficient (Wildman–Crippen LogP) is 2.31. The number of hydrogen-bond donors (Lipinski definition) is 1. The summed E-state index contributed by atoms with van der Waals surface area (Å²) >= 11 is 0. The van der Waals surface area contributed by atoms with Gasteiger partial charge in [-0.3, -0.25) is 0 Å². The summed E-state index contributed by atoms with van der Waals surface area (Å²) in [6.45, 7) is 2.99. The van der Waals surface area contributed by atoms with Crippen LogP contribution in [0, 0.1) is 11.6 Å². The Hall–Kier alpha value is -1.16. The van der Waals surface area contributed by atoms with Crippen molar-refractivity contribution in [3.05, 3.63) is 29.3 Å². The molecule has 2 N–H and O–H groups in total. The Morgan fingerprint density at radius 2 is 1.81 bits per heavy atom. The maximum Gasteiger partial charge on any atom is 0.149 e. The van der Waals surface area contributed by atoms with Crippen molar-refractivity contribution in [2.24, 2.45) is 5.73 Å². The van der Waals surface area contributed by atoms with Crippen LogP contribution in [0.25, 0.3) is 0 Å². The van der Waals surface area contributed by atoms with Crippen molar-refractivity contribution in [2.75, 3.05) is 25.0 Å². The number of benzene rings is 1. The van der Waals surface area contributed by atoms with E-state index in [0.717, 1.165) is 6.42 Å². The van der Waals surface area contributed by atoms with Crippen LogP contribution in [0.1, 0.15) is 18.9 Å². The van der Waals surface area contributed by atoms with E-state index in [1.807, 2.05) is 6.92 Å². The standard InChI is InChI=1S/C12H18F2N2/c1-3-6-16(2)12-10(13)7-9(4-5-15)8-11(12)14/h7-8H,3-6,15H2,1-2H3. The first-order valence-electron chi connectivity index (χ1n) is 5.49. The average Bonchev–Trinajstić information content (AvgIpc) is 2.17. The summed E-state index contributed by atoms with van der Waals surface area (Å²) in [7, 11) is 1.69. The lowest BCUT2D eigenvalue weighted by Gasteiger charge is -2.20. The Balaban J connectivity index is 3.02. The Kier molecular flexibility index (Phi) is 4.68. The normalized spacial score (nSPS) is 10.6. The molecular formula is C12H18F2N2. The molecule has 0 spiro atoms. The van der Waals surface area contributed by atoms with Gasteiger partial charge >= 0.3 is 0 Å². The molecule has 0 aromatic heterocycles. The minimum absolute atomic E-state index is 0.0441. The molecule has 0 unspecified atom stereocenters. The SMILES string of the molecule is CCCN(C)c1c(F)cc(CCN)cc1F. The highest BCUT2D eigenvalue weighted by molar-refractivity contribution is 5.50. The van der Waals surface area contributed by atoms with Crippen LogP contribution < -0.4 is 10.6 Å². The molecule has 0 bridgehead atoms. The second kappa shape index (κ2) is 5.80. The number of halogens is 2. The zero-order valence-electron chi connectivity index (χ0n) is 9.76. The monoisotopic (exact) mass is 228 g/mol. The molecule has 0 atom stereocenters. The molecule has 4 heteroatoms. The van der Waals surface area contributed by atoms with Gasteiger partial charge in [0.1, 0.15) is 17.3 Å². The molecule has 90 valence electrons. The van der Waals surface area contributed by atoms with Gasteiger partial charge in [-0.2, -0.15) is 0 Å². The van der Waals surface area contributed by atoms with Crippen LogP contribution in [-0.2, 0) is 6.42 Å². The van der Waals surface area contributed by atoms with Gasteiger partial charge < -0.3 is 10.6 Å². The van der Waals surface area contributed by atoms with Gasteiger partial charge in [0.25, 0.3) is 0 Å². The summed E-state index contributed by atoms with van der Waals surface area (Å²) in [5, 5.41) is 0. The summed E-state index contributed by atoms with van der Waals surface area (Å²) in [5.74, 6) is -1.03. The highest BCUT2D eigenvalue weighted by atomic mass is 19.1. The molecule has 16 heavy (non-hydrogen) atoms. The van der Waals surface area contributed by atoms with Gasteiger partial charge in [0.2, 0.25) is 0 Å². The summed E-state index contributed by atoms with van der Waals surface area (Å²) < 4.78 is 27.4. The first-order valence-corrected chi connectivity index (χ1v) is 5.49. The Morgan fingerprint density at radius 3 is 2.25 bits per heavy atom. The van der Waals surface area contributed by atoms with Gasteiger partial charge in [0.05, 0.1) is 0 Å². The van der Waals surface area contributed by atoms with Gasteiger partial charge in [0, 0.05) is 13.6 Å². The van der Waals surface area contributed by atoms with Crippen LogP contribution >= 0.6 is 0 Å². The van der Waals surface area contributed by atoms with Crippen LogP contribution in [0.5, 0.6) is 0 Å². The lowest BCUT2D eigenvalue weighted by Crippen LogP contribution is -2.20. The number of hydrogen-bond acceptors (Lipinski definition) is 2. The summed E-state index contributed by atoms with van der Waals surface area (Å²) in [6, 6.07) is 2.72. The van der Waals surface area contributed by atoms with E-state index in [1.165, 1.54) is 12.1 Å². The third kappa shape index (κ3) is 2.92. The summed E-state index contributed by atoms with van der Waals surface area (Å²) in [6.07, 6.45) is 1.34. The average molecular weight is 228 g/mol. The molecule has 2 nitrogen and oxygen atoms in total. The molecule has 0 aliphatic rings. The molecule has 1 aromatic rings. The molecule has 0 radical (unpaired) electrons. The first-order chi connectivity index (χ1) is 7.60. The van der Waals surface area contributed by atoms with Crippen LogP contribution in [0.3, 0.4) is 0 Å². The lowest BCUT2D eigenvalue weighted by molar-refractivity contribution is 0.573. The highest BCUT2D eigenvalue weighted by Crippen LogP contribution is 2.24. The van der Waals surface area contributed by atoms with E-state index < -0.39 is 11.6 Å². The van der Waals surface area contributed by atoms with E-state index in [-0.39, 0.29) is 5.69 Å². The van der Waals surface area contributed by atoms with E-state index in [1.54, 1.807) is 11.9 Å². The second-order valence-corrected chi connectivity index (χ2v) is 3.87. The van der Waals surface area contributed by atoms with Crippen LogP contribution in [0.2, 0.25) is 0 Å². The minimum Gasteiger partial charge on any atom is -0.370 e. The number of rotatable bonds is 5. The summed E-state index contributed by atoms with van der Waals surface area (Å²) in [5.41, 5.74) is 6.00. The zero-order chi connectivity index (χ0) is 12.1. The molecule has 0 amide bonds. The van der Waals surface area contributed by atoms with Gasteiger partial charge in [-0.1, -0.05) is 6.92 Å². The van der Waals surface area contributed by atoms with Crippen molar-refractivity contribution in [3.8, 4) is 0 Å². The smallest absolute Gasteiger partial charge is 0.149 e. The van der Waals surface area contributed by atoms with Crippen LogP contribution in [0.4, 0.5) is 14.5 Å². The molecular weight excluding hydrogens is 210 g/mol. The molecule has 1 aromatic carbocycles. The van der Waals surface area contributed by atoms with E-state index >= 15 is 0 Å². The molecule has 0 saturated heterocycles. The molecule has 0 aliphatic heterocycles. The largest absolute Gasteiger partial charge is 0.370 e. The third-order valence-electron chi connectivity index (χ3n) is 2.45. The molecule has 1 rings (SSSR count). The molecule has 0 fully saturated rings. The maximum atomic E-state index is 13.7. The van der Waals surface area contributed by atoms with E-state index in [0.29, 0.717) is 25.1 Å². The van der Waals surface area contributed by atoms with Crippen molar-refractivity contribution in [3.63, 3.8) is 0 Å². The second-order valence-electron chi connectivity index (χ2n) is 3.87. The molecule has 0 aliphatic carbocycles. The van der Waals surface area contributed by atoms with E-state index in [2.05, 4.69) is 0 Å². The number of nitrogens with zero attached hydrogens (tertiary/aromatic N) is 1. The third-order valence-corrected chi connectivity index (χ3v) is 2.45. The van der Waals surface area contributed by atoms with Crippen molar-refractivity contribution in [1.82, 2.24) is 0 Å². The van der Waals surface area contributed by atoms with Gasteiger partial charge in [-0.15, -0.1) is 0 Å². The van der Waals surface area contributed by atoms with Crippen LogP contribution in [-0.4, -0.2) is 20.1 Å². The highest BCUT2D eigenvalue weighted by Gasteiger charge is 2.14. The molecule has 0 heterocycles. The lowest BCUT2D eigenvalue weighted by atomic mass is 10.1. The predicted molar refractivity (Wildman–Crippen MR) is 62.7 cm³/mol. The van der Waals surface area contributed by atoms with Gasteiger partial charge in [-0.25, -0.2) is 8.78 Å². The Labute approximate surface area is 95.1 Å². The van der Waals surface area contributed by atoms with Gasteiger partial charge in [-0.05, 0) is 37.1 Å². The number of anilines is 1. The van der Waals surface area contributed by atoms with Crippen LogP contribution in [0.15, 0.2) is 12.1 Å². The van der Waals surface area contributed by atoms with Gasteiger partial charge in [0.15, 0.2) is 0 Å². The maximum absolute atomic E-state index is 13.7. The minimum atomic E-state index is -0.514. The first kappa shape index (κ1) is 12.9. The molecule has 0 saturated carbocycles. The number of nitrogens with two attached hydrogens (primary N) is 1. The van der Waals surface area contributed by atoms with E-state index in [4.69, 9.17) is 5.73 Å². The topological polar surface area (TPSA) is 29.3 Å². The van der Waals surface area contributed by atoms with E-state index in [9.17, 15) is 8.78 Å². The fraction of sp³-hybridized carbons (Fsp3) is 0.500. The van der Waals surface area contributed by atoms with Crippen molar-refractivity contribution < 1.29 is 8.78 Å². The Morgan fingerprint density at radius 1 is 1.25 bits per heavy atom. The zero-order valence-corrected chi connectivity index (χ0v) is 9.76. The van der Waals surface area contributed by atoms with Crippen molar-refractivity contribution >= 4 is 5.69 Å². The van der Waals surface area contributed by atoms with Crippen molar-refractivity contribution in [1.29, 1.82) is 0 Å². The fourth-order valence-electron chi connectivity index (χ4n) is 1.74. The quantitative estimate of drug-likeness (QED) is 0.838. The van der Waals surface area contributed by atoms with Crippen molar-refractivity contribution in [2.45, 2.75) is 19.8 Å². The Bertz CT molecular complexity index is 330. The summed E-state index contributed by atoms with van der Waals surface area (Å²) in [4.78, 5) is 1.59.